The fraction of sp³-hybridized carbons (Fsp3) is 0.562. The van der Waals surface area contributed by atoms with Crippen LogP contribution >= 0.6 is 11.6 Å². The molecule has 21 heavy (non-hydrogen) atoms. The Labute approximate surface area is 131 Å². The number of nitrogens with one attached hydrogen (secondary N) is 2. The van der Waals surface area contributed by atoms with Crippen molar-refractivity contribution in [2.24, 2.45) is 0 Å². The van der Waals surface area contributed by atoms with Crippen molar-refractivity contribution in [3.05, 3.63) is 34.9 Å². The minimum atomic E-state index is -0.505. The number of hydrogen-bond donors (Lipinski definition) is 2. The largest absolute Gasteiger partial charge is 0.348 e. The molecular formula is C16H24ClN3O. The summed E-state index contributed by atoms with van der Waals surface area (Å²) in [7, 11) is 0. The second kappa shape index (κ2) is 6.77. The molecule has 1 saturated heterocycles. The van der Waals surface area contributed by atoms with Crippen molar-refractivity contribution in [3.8, 4) is 0 Å². The van der Waals surface area contributed by atoms with Crippen LogP contribution in [0.2, 0.25) is 5.02 Å². The quantitative estimate of drug-likeness (QED) is 0.896. The van der Waals surface area contributed by atoms with Gasteiger partial charge in [-0.1, -0.05) is 23.7 Å². The van der Waals surface area contributed by atoms with E-state index in [9.17, 15) is 4.79 Å². The number of nitrogens with zero attached hydrogens (tertiary/aromatic N) is 1. The van der Waals surface area contributed by atoms with Gasteiger partial charge in [0, 0.05) is 31.2 Å². The number of carbonyl (C=O) groups excluding carboxylic acids is 1. The van der Waals surface area contributed by atoms with E-state index in [1.165, 1.54) is 0 Å². The molecule has 1 fully saturated rings. The van der Waals surface area contributed by atoms with E-state index in [4.69, 9.17) is 11.6 Å². The Bertz CT molecular complexity index is 498. The summed E-state index contributed by atoms with van der Waals surface area (Å²) in [4.78, 5) is 14.9. The molecule has 1 aromatic rings. The van der Waals surface area contributed by atoms with E-state index in [0.29, 0.717) is 5.02 Å². The van der Waals surface area contributed by atoms with Crippen LogP contribution < -0.4 is 10.6 Å². The predicted octanol–water partition coefficient (Wildman–Crippen LogP) is 2.20. The molecule has 1 amide bonds. The molecule has 1 heterocycles. The maximum absolute atomic E-state index is 12.6. The summed E-state index contributed by atoms with van der Waals surface area (Å²) in [5.41, 5.74) is 0.515. The van der Waals surface area contributed by atoms with Gasteiger partial charge in [0.25, 0.3) is 0 Å². The predicted molar refractivity (Wildman–Crippen MR) is 86.5 cm³/mol. The Hall–Kier alpha value is -1.10. The normalized spacial score (nSPS) is 18.3. The molecule has 0 aliphatic carbocycles. The van der Waals surface area contributed by atoms with Gasteiger partial charge < -0.3 is 10.6 Å². The van der Waals surface area contributed by atoms with Gasteiger partial charge in [0.05, 0.1) is 11.6 Å². The molecule has 0 bridgehead atoms. The summed E-state index contributed by atoms with van der Waals surface area (Å²) >= 11 is 6.01. The minimum absolute atomic E-state index is 0.0527. The number of rotatable bonds is 4. The number of benzene rings is 1. The monoisotopic (exact) mass is 309 g/mol. The first-order valence-corrected chi connectivity index (χ1v) is 7.81. The van der Waals surface area contributed by atoms with Gasteiger partial charge in [0.1, 0.15) is 0 Å². The van der Waals surface area contributed by atoms with Crippen LogP contribution in [0.3, 0.4) is 0 Å². The average molecular weight is 310 g/mol. The first-order valence-electron chi connectivity index (χ1n) is 7.43. The van der Waals surface area contributed by atoms with E-state index in [0.717, 1.165) is 31.7 Å². The van der Waals surface area contributed by atoms with Gasteiger partial charge in [-0.05, 0) is 38.5 Å². The molecule has 1 aliphatic rings. The Morgan fingerprint density at radius 1 is 1.38 bits per heavy atom. The highest BCUT2D eigenvalue weighted by Crippen LogP contribution is 2.20. The van der Waals surface area contributed by atoms with Crippen molar-refractivity contribution in [3.63, 3.8) is 0 Å². The number of halogens is 1. The zero-order valence-electron chi connectivity index (χ0n) is 12.9. The number of hydrogen-bond acceptors (Lipinski definition) is 3. The average Bonchev–Trinajstić information content (AvgIpc) is 2.48. The summed E-state index contributed by atoms with van der Waals surface area (Å²) in [6.07, 6.45) is 0. The third kappa shape index (κ3) is 3.96. The van der Waals surface area contributed by atoms with Crippen LogP contribution in [-0.4, -0.2) is 42.5 Å². The van der Waals surface area contributed by atoms with Gasteiger partial charge >= 0.3 is 0 Å². The Balaban J connectivity index is 2.02. The molecule has 116 valence electrons. The fourth-order valence-electron chi connectivity index (χ4n) is 2.60. The zero-order valence-corrected chi connectivity index (χ0v) is 13.7. The Morgan fingerprint density at radius 3 is 2.67 bits per heavy atom. The minimum Gasteiger partial charge on any atom is -0.348 e. The lowest BCUT2D eigenvalue weighted by atomic mass is 9.99. The highest BCUT2D eigenvalue weighted by Gasteiger charge is 2.35. The summed E-state index contributed by atoms with van der Waals surface area (Å²) < 4.78 is 0. The zero-order chi connectivity index (χ0) is 15.5. The van der Waals surface area contributed by atoms with E-state index in [-0.39, 0.29) is 11.9 Å². The Kier molecular flexibility index (Phi) is 5.25. The molecular weight excluding hydrogens is 286 g/mol. The van der Waals surface area contributed by atoms with Crippen LogP contribution in [0.1, 0.15) is 32.4 Å². The smallest absolute Gasteiger partial charge is 0.240 e. The van der Waals surface area contributed by atoms with Crippen molar-refractivity contribution in [1.82, 2.24) is 15.5 Å². The van der Waals surface area contributed by atoms with Gasteiger partial charge in [-0.3, -0.25) is 9.69 Å². The van der Waals surface area contributed by atoms with Gasteiger partial charge in [0.15, 0.2) is 0 Å². The lowest BCUT2D eigenvalue weighted by Gasteiger charge is -2.40. The van der Waals surface area contributed by atoms with Crippen LogP contribution in [0.5, 0.6) is 0 Å². The molecule has 1 aromatic carbocycles. The topological polar surface area (TPSA) is 44.4 Å². The third-order valence-electron chi connectivity index (χ3n) is 4.16. The Morgan fingerprint density at radius 2 is 2.05 bits per heavy atom. The van der Waals surface area contributed by atoms with Crippen molar-refractivity contribution < 1.29 is 4.79 Å². The highest BCUT2D eigenvalue weighted by atomic mass is 35.5. The van der Waals surface area contributed by atoms with E-state index in [2.05, 4.69) is 15.5 Å². The number of carbonyl (C=O) groups is 1. The second-order valence-corrected chi connectivity index (χ2v) is 6.48. The third-order valence-corrected chi connectivity index (χ3v) is 4.39. The van der Waals surface area contributed by atoms with Gasteiger partial charge in [-0.2, -0.15) is 0 Å². The van der Waals surface area contributed by atoms with Crippen LogP contribution in [0, 0.1) is 0 Å². The molecule has 4 nitrogen and oxygen atoms in total. The van der Waals surface area contributed by atoms with E-state index >= 15 is 0 Å². The molecule has 1 atom stereocenters. The van der Waals surface area contributed by atoms with Crippen molar-refractivity contribution in [2.45, 2.75) is 32.4 Å². The van der Waals surface area contributed by atoms with Gasteiger partial charge in [-0.15, -0.1) is 0 Å². The van der Waals surface area contributed by atoms with Crippen LogP contribution in [0.4, 0.5) is 0 Å². The molecule has 2 rings (SSSR count). The lowest BCUT2D eigenvalue weighted by molar-refractivity contribution is -0.132. The second-order valence-electron chi connectivity index (χ2n) is 6.05. The number of amides is 1. The van der Waals surface area contributed by atoms with Crippen LogP contribution in [0.15, 0.2) is 24.3 Å². The summed E-state index contributed by atoms with van der Waals surface area (Å²) in [5, 5.41) is 7.10. The van der Waals surface area contributed by atoms with Gasteiger partial charge in [-0.25, -0.2) is 0 Å². The maximum atomic E-state index is 12.6. The first-order chi connectivity index (χ1) is 9.91. The molecule has 1 aliphatic heterocycles. The van der Waals surface area contributed by atoms with Crippen molar-refractivity contribution in [2.75, 3.05) is 26.2 Å². The summed E-state index contributed by atoms with van der Waals surface area (Å²) in [6, 6.07) is 7.56. The first kappa shape index (κ1) is 16.3. The van der Waals surface area contributed by atoms with Crippen molar-refractivity contribution in [1.29, 1.82) is 0 Å². The SMILES string of the molecule is C[C@H](NC(=O)C(C)(C)N1CCNCC1)c1cccc(Cl)c1. The highest BCUT2D eigenvalue weighted by molar-refractivity contribution is 6.30. The molecule has 0 radical (unpaired) electrons. The molecule has 0 aromatic heterocycles. The van der Waals surface area contributed by atoms with E-state index in [1.54, 1.807) is 0 Å². The number of piperazine rings is 1. The summed E-state index contributed by atoms with van der Waals surface area (Å²) in [6.45, 7) is 9.60. The standard InChI is InChI=1S/C16H24ClN3O/c1-12(13-5-4-6-14(17)11-13)19-15(21)16(2,3)20-9-7-18-8-10-20/h4-6,11-12,18H,7-10H2,1-3H3,(H,19,21)/t12-/m0/s1. The molecule has 5 heteroatoms. The van der Waals surface area contributed by atoms with Crippen LogP contribution in [-0.2, 0) is 4.79 Å². The lowest BCUT2D eigenvalue weighted by Crippen LogP contribution is -2.60. The maximum Gasteiger partial charge on any atom is 0.240 e. The van der Waals surface area contributed by atoms with Gasteiger partial charge in [0.2, 0.25) is 5.91 Å². The van der Waals surface area contributed by atoms with E-state index < -0.39 is 5.54 Å². The van der Waals surface area contributed by atoms with E-state index in [1.807, 2.05) is 45.0 Å². The molecule has 0 spiro atoms. The molecule has 0 unspecified atom stereocenters. The molecule has 2 N–H and O–H groups in total. The molecule has 0 saturated carbocycles. The van der Waals surface area contributed by atoms with Crippen molar-refractivity contribution >= 4 is 17.5 Å². The fourth-order valence-corrected chi connectivity index (χ4v) is 2.80. The van der Waals surface area contributed by atoms with Crippen LogP contribution in [0.25, 0.3) is 0 Å². The summed E-state index contributed by atoms with van der Waals surface area (Å²) in [5.74, 6) is 0.0527.